The highest BCUT2D eigenvalue weighted by atomic mass is 35.5. The molecular formula is C16H14ClNO3. The van der Waals surface area contributed by atoms with E-state index in [-0.39, 0.29) is 5.91 Å². The molecule has 2 aromatic rings. The maximum atomic E-state index is 12.4. The SMILES string of the molecule is O=C(Nc1cccc(CCl)c1)c1cccc2c1OCCO2. The zero-order valence-electron chi connectivity index (χ0n) is 11.3. The normalized spacial score (nSPS) is 12.8. The van der Waals surface area contributed by atoms with Gasteiger partial charge in [-0.15, -0.1) is 11.6 Å². The summed E-state index contributed by atoms with van der Waals surface area (Å²) in [6.45, 7) is 0.939. The van der Waals surface area contributed by atoms with Crippen LogP contribution in [0.1, 0.15) is 15.9 Å². The number of ether oxygens (including phenoxy) is 2. The van der Waals surface area contributed by atoms with Crippen LogP contribution in [0.2, 0.25) is 0 Å². The molecule has 3 rings (SSSR count). The van der Waals surface area contributed by atoms with Crippen LogP contribution in [0.25, 0.3) is 0 Å². The molecule has 0 aromatic heterocycles. The third kappa shape index (κ3) is 2.95. The zero-order chi connectivity index (χ0) is 14.7. The van der Waals surface area contributed by atoms with Gasteiger partial charge in [0.2, 0.25) is 0 Å². The van der Waals surface area contributed by atoms with Gasteiger partial charge in [-0.25, -0.2) is 0 Å². The van der Waals surface area contributed by atoms with Gasteiger partial charge < -0.3 is 14.8 Å². The van der Waals surface area contributed by atoms with Gasteiger partial charge >= 0.3 is 0 Å². The molecule has 4 nitrogen and oxygen atoms in total. The van der Waals surface area contributed by atoms with Crippen LogP contribution in [-0.2, 0) is 5.88 Å². The molecule has 21 heavy (non-hydrogen) atoms. The predicted molar refractivity (Wildman–Crippen MR) is 81.4 cm³/mol. The predicted octanol–water partition coefficient (Wildman–Crippen LogP) is 3.45. The van der Waals surface area contributed by atoms with Crippen molar-refractivity contribution in [2.24, 2.45) is 0 Å². The van der Waals surface area contributed by atoms with Gasteiger partial charge in [-0.3, -0.25) is 4.79 Å². The Morgan fingerprint density at radius 3 is 2.81 bits per heavy atom. The minimum atomic E-state index is -0.232. The van der Waals surface area contributed by atoms with Gasteiger partial charge in [0.15, 0.2) is 11.5 Å². The summed E-state index contributed by atoms with van der Waals surface area (Å²) in [5.41, 5.74) is 2.11. The monoisotopic (exact) mass is 303 g/mol. The van der Waals surface area contributed by atoms with E-state index in [1.807, 2.05) is 24.3 Å². The Morgan fingerprint density at radius 1 is 1.14 bits per heavy atom. The van der Waals surface area contributed by atoms with E-state index in [0.717, 1.165) is 5.56 Å². The highest BCUT2D eigenvalue weighted by molar-refractivity contribution is 6.17. The summed E-state index contributed by atoms with van der Waals surface area (Å²) >= 11 is 5.80. The molecule has 0 unspecified atom stereocenters. The Kier molecular flexibility index (Phi) is 3.97. The van der Waals surface area contributed by atoms with Crippen LogP contribution >= 0.6 is 11.6 Å². The van der Waals surface area contributed by atoms with Crippen LogP contribution in [-0.4, -0.2) is 19.1 Å². The number of carbonyl (C=O) groups is 1. The largest absolute Gasteiger partial charge is 0.486 e. The smallest absolute Gasteiger partial charge is 0.259 e. The van der Waals surface area contributed by atoms with Crippen molar-refractivity contribution in [1.29, 1.82) is 0 Å². The molecule has 0 bridgehead atoms. The molecule has 0 spiro atoms. The Bertz CT molecular complexity index is 672. The summed E-state index contributed by atoms with van der Waals surface area (Å²) in [5.74, 6) is 1.27. The highest BCUT2D eigenvalue weighted by Crippen LogP contribution is 2.33. The Balaban J connectivity index is 1.85. The number of amides is 1. The lowest BCUT2D eigenvalue weighted by Gasteiger charge is -2.20. The molecule has 5 heteroatoms. The number of anilines is 1. The number of benzene rings is 2. The van der Waals surface area contributed by atoms with Crippen molar-refractivity contribution >= 4 is 23.2 Å². The Morgan fingerprint density at radius 2 is 1.95 bits per heavy atom. The fourth-order valence-corrected chi connectivity index (χ4v) is 2.35. The molecule has 2 aromatic carbocycles. The number of hydrogen-bond donors (Lipinski definition) is 1. The summed E-state index contributed by atoms with van der Waals surface area (Å²) in [6.07, 6.45) is 0. The van der Waals surface area contributed by atoms with Gasteiger partial charge in [0.1, 0.15) is 13.2 Å². The van der Waals surface area contributed by atoms with Crippen molar-refractivity contribution in [1.82, 2.24) is 0 Å². The van der Waals surface area contributed by atoms with Crippen LogP contribution in [0.4, 0.5) is 5.69 Å². The van der Waals surface area contributed by atoms with Crippen molar-refractivity contribution in [3.63, 3.8) is 0 Å². The second kappa shape index (κ2) is 6.06. The van der Waals surface area contributed by atoms with E-state index in [1.165, 1.54) is 0 Å². The number of rotatable bonds is 3. The number of nitrogens with one attached hydrogen (secondary N) is 1. The number of alkyl halides is 1. The van der Waals surface area contributed by atoms with Gasteiger partial charge in [-0.05, 0) is 29.8 Å². The van der Waals surface area contributed by atoms with Crippen LogP contribution < -0.4 is 14.8 Å². The van der Waals surface area contributed by atoms with E-state index >= 15 is 0 Å². The first-order valence-corrected chi connectivity index (χ1v) is 7.16. The maximum Gasteiger partial charge on any atom is 0.259 e. The van der Waals surface area contributed by atoms with Crippen LogP contribution in [0.3, 0.4) is 0 Å². The molecule has 0 saturated heterocycles. The summed E-state index contributed by atoms with van der Waals surface area (Å²) in [4.78, 5) is 12.4. The summed E-state index contributed by atoms with van der Waals surface area (Å²) in [6, 6.07) is 12.7. The zero-order valence-corrected chi connectivity index (χ0v) is 12.0. The van der Waals surface area contributed by atoms with Crippen LogP contribution in [0, 0.1) is 0 Å². The van der Waals surface area contributed by atoms with E-state index in [4.69, 9.17) is 21.1 Å². The molecule has 1 N–H and O–H groups in total. The van der Waals surface area contributed by atoms with Crippen molar-refractivity contribution < 1.29 is 14.3 Å². The van der Waals surface area contributed by atoms with Gasteiger partial charge in [0, 0.05) is 11.6 Å². The van der Waals surface area contributed by atoms with E-state index in [9.17, 15) is 4.79 Å². The van der Waals surface area contributed by atoms with E-state index in [0.29, 0.717) is 41.8 Å². The molecule has 0 aliphatic carbocycles. The number of halogens is 1. The quantitative estimate of drug-likeness (QED) is 0.884. The van der Waals surface area contributed by atoms with Crippen molar-refractivity contribution in [2.75, 3.05) is 18.5 Å². The lowest BCUT2D eigenvalue weighted by Crippen LogP contribution is -2.20. The molecule has 1 aliphatic heterocycles. The summed E-state index contributed by atoms with van der Waals surface area (Å²) in [7, 11) is 0. The average molecular weight is 304 g/mol. The molecule has 0 fully saturated rings. The molecule has 1 aliphatic rings. The molecule has 0 saturated carbocycles. The number of hydrogen-bond acceptors (Lipinski definition) is 3. The average Bonchev–Trinajstić information content (AvgIpc) is 2.54. The summed E-state index contributed by atoms with van der Waals surface area (Å²) in [5, 5.41) is 2.85. The highest BCUT2D eigenvalue weighted by Gasteiger charge is 2.20. The van der Waals surface area contributed by atoms with Gasteiger partial charge in [-0.2, -0.15) is 0 Å². The van der Waals surface area contributed by atoms with E-state index in [2.05, 4.69) is 5.32 Å². The van der Waals surface area contributed by atoms with Crippen molar-refractivity contribution in [3.8, 4) is 11.5 Å². The molecule has 0 radical (unpaired) electrons. The van der Waals surface area contributed by atoms with Gasteiger partial charge in [0.25, 0.3) is 5.91 Å². The minimum absolute atomic E-state index is 0.232. The van der Waals surface area contributed by atoms with Crippen molar-refractivity contribution in [3.05, 3.63) is 53.6 Å². The van der Waals surface area contributed by atoms with Crippen LogP contribution in [0.15, 0.2) is 42.5 Å². The number of para-hydroxylation sites is 1. The van der Waals surface area contributed by atoms with Gasteiger partial charge in [0.05, 0.1) is 5.56 Å². The lowest BCUT2D eigenvalue weighted by atomic mass is 10.1. The summed E-state index contributed by atoms with van der Waals surface area (Å²) < 4.78 is 11.0. The standard InChI is InChI=1S/C16H14ClNO3/c17-10-11-3-1-4-12(9-11)18-16(19)13-5-2-6-14-15(13)21-8-7-20-14/h1-6,9H,7-8,10H2,(H,18,19). The minimum Gasteiger partial charge on any atom is -0.486 e. The fourth-order valence-electron chi connectivity index (χ4n) is 2.18. The molecule has 0 atom stereocenters. The number of carbonyl (C=O) groups excluding carboxylic acids is 1. The maximum absolute atomic E-state index is 12.4. The first-order valence-electron chi connectivity index (χ1n) is 6.63. The second-order valence-corrected chi connectivity index (χ2v) is 4.89. The Labute approximate surface area is 127 Å². The van der Waals surface area contributed by atoms with Crippen LogP contribution in [0.5, 0.6) is 11.5 Å². The van der Waals surface area contributed by atoms with Crippen molar-refractivity contribution in [2.45, 2.75) is 5.88 Å². The first kappa shape index (κ1) is 13.8. The third-order valence-corrected chi connectivity index (χ3v) is 3.46. The lowest BCUT2D eigenvalue weighted by molar-refractivity contribution is 0.101. The van der Waals surface area contributed by atoms with Gasteiger partial charge in [-0.1, -0.05) is 18.2 Å². The third-order valence-electron chi connectivity index (χ3n) is 3.15. The topological polar surface area (TPSA) is 47.6 Å². The molecule has 1 heterocycles. The van der Waals surface area contributed by atoms with E-state index < -0.39 is 0 Å². The molecule has 1 amide bonds. The fraction of sp³-hybridized carbons (Fsp3) is 0.188. The molecule has 108 valence electrons. The Hall–Kier alpha value is -2.20. The first-order chi connectivity index (χ1) is 10.3. The second-order valence-electron chi connectivity index (χ2n) is 4.62. The molecular weight excluding hydrogens is 290 g/mol. The number of fused-ring (bicyclic) bond motifs is 1. The van der Waals surface area contributed by atoms with E-state index in [1.54, 1.807) is 18.2 Å².